The van der Waals surface area contributed by atoms with Gasteiger partial charge in [0.2, 0.25) is 0 Å². The molecule has 1 fully saturated rings. The van der Waals surface area contributed by atoms with Gasteiger partial charge in [-0.25, -0.2) is 0 Å². The van der Waals surface area contributed by atoms with Gasteiger partial charge in [-0.3, -0.25) is 0 Å². The van der Waals surface area contributed by atoms with E-state index in [2.05, 4.69) is 12.2 Å². The molecule has 1 rings (SSSR count). The van der Waals surface area contributed by atoms with Crippen molar-refractivity contribution < 1.29 is 9.47 Å². The normalized spacial score (nSPS) is 25.3. The number of methoxy groups -OCH3 is 1. The monoisotopic (exact) mass is 201 g/mol. The van der Waals surface area contributed by atoms with Gasteiger partial charge in [-0.2, -0.15) is 0 Å². The Morgan fingerprint density at radius 3 is 2.79 bits per heavy atom. The summed E-state index contributed by atoms with van der Waals surface area (Å²) in [7, 11) is 1.70. The number of ether oxygens (including phenoxy) is 2. The highest BCUT2D eigenvalue weighted by Crippen LogP contribution is 2.32. The Morgan fingerprint density at radius 2 is 2.14 bits per heavy atom. The molecule has 0 saturated heterocycles. The third-order valence-corrected chi connectivity index (χ3v) is 2.75. The van der Waals surface area contributed by atoms with E-state index in [0.29, 0.717) is 6.61 Å². The lowest BCUT2D eigenvalue weighted by molar-refractivity contribution is 0.0694. The fraction of sp³-hybridized carbons (Fsp3) is 1.00. The summed E-state index contributed by atoms with van der Waals surface area (Å²) in [5.41, 5.74) is 0. The predicted octanol–water partition coefficient (Wildman–Crippen LogP) is 1.43. The van der Waals surface area contributed by atoms with E-state index in [1.807, 2.05) is 0 Å². The zero-order chi connectivity index (χ0) is 10.2. The Morgan fingerprint density at radius 1 is 1.29 bits per heavy atom. The van der Waals surface area contributed by atoms with Crippen molar-refractivity contribution in [1.29, 1.82) is 0 Å². The maximum Gasteiger partial charge on any atom is 0.0700 e. The topological polar surface area (TPSA) is 30.5 Å². The van der Waals surface area contributed by atoms with Crippen LogP contribution in [0, 0.1) is 5.92 Å². The van der Waals surface area contributed by atoms with Crippen molar-refractivity contribution in [2.24, 2.45) is 5.92 Å². The molecular weight excluding hydrogens is 178 g/mol. The second-order valence-electron chi connectivity index (χ2n) is 3.92. The minimum atomic E-state index is 0.702. The second kappa shape index (κ2) is 7.21. The molecule has 0 bridgehead atoms. The smallest absolute Gasteiger partial charge is 0.0700 e. The Bertz CT molecular complexity index is 141. The third-order valence-electron chi connectivity index (χ3n) is 2.75. The molecule has 0 amide bonds. The van der Waals surface area contributed by atoms with Crippen LogP contribution >= 0.6 is 0 Å². The summed E-state index contributed by atoms with van der Waals surface area (Å²) in [4.78, 5) is 0. The van der Waals surface area contributed by atoms with Crippen LogP contribution in [0.5, 0.6) is 0 Å². The molecule has 1 aliphatic carbocycles. The van der Waals surface area contributed by atoms with Crippen LogP contribution in [0.25, 0.3) is 0 Å². The maximum absolute atomic E-state index is 5.36. The fourth-order valence-corrected chi connectivity index (χ4v) is 1.65. The van der Waals surface area contributed by atoms with Gasteiger partial charge in [-0.15, -0.1) is 0 Å². The zero-order valence-electron chi connectivity index (χ0n) is 9.42. The van der Waals surface area contributed by atoms with Crippen LogP contribution < -0.4 is 5.32 Å². The molecule has 0 aromatic heterocycles. The molecule has 1 aliphatic rings. The van der Waals surface area contributed by atoms with E-state index in [9.17, 15) is 0 Å². The highest BCUT2D eigenvalue weighted by molar-refractivity contribution is 4.91. The predicted molar refractivity (Wildman–Crippen MR) is 57.5 cm³/mol. The van der Waals surface area contributed by atoms with Gasteiger partial charge < -0.3 is 14.8 Å². The average Bonchev–Trinajstić information content (AvgIpc) is 2.95. The average molecular weight is 201 g/mol. The third kappa shape index (κ3) is 4.94. The highest BCUT2D eigenvalue weighted by Gasteiger charge is 2.34. The van der Waals surface area contributed by atoms with Crippen molar-refractivity contribution in [1.82, 2.24) is 5.32 Å². The minimum Gasteiger partial charge on any atom is -0.382 e. The second-order valence-corrected chi connectivity index (χ2v) is 3.92. The lowest BCUT2D eigenvalue weighted by Gasteiger charge is -2.04. The molecular formula is C11H23NO2. The van der Waals surface area contributed by atoms with Gasteiger partial charge in [0.15, 0.2) is 0 Å². The quantitative estimate of drug-likeness (QED) is 0.572. The van der Waals surface area contributed by atoms with Crippen LogP contribution in [-0.2, 0) is 9.47 Å². The van der Waals surface area contributed by atoms with Crippen molar-refractivity contribution in [2.75, 3.05) is 33.5 Å². The molecule has 84 valence electrons. The summed E-state index contributed by atoms with van der Waals surface area (Å²) < 4.78 is 10.2. The van der Waals surface area contributed by atoms with Crippen LogP contribution in [-0.4, -0.2) is 39.5 Å². The van der Waals surface area contributed by atoms with Gasteiger partial charge in [-0.1, -0.05) is 13.3 Å². The van der Waals surface area contributed by atoms with Gasteiger partial charge in [0.05, 0.1) is 13.2 Å². The molecule has 1 N–H and O–H groups in total. The summed E-state index contributed by atoms with van der Waals surface area (Å²) in [6.45, 7) is 5.62. The van der Waals surface area contributed by atoms with Crippen molar-refractivity contribution in [3.8, 4) is 0 Å². The first-order valence-electron chi connectivity index (χ1n) is 5.68. The minimum absolute atomic E-state index is 0.702. The Kier molecular flexibility index (Phi) is 6.15. The van der Waals surface area contributed by atoms with Gasteiger partial charge in [0.25, 0.3) is 0 Å². The van der Waals surface area contributed by atoms with Gasteiger partial charge in [0, 0.05) is 19.8 Å². The lowest BCUT2D eigenvalue weighted by Crippen LogP contribution is -2.20. The van der Waals surface area contributed by atoms with Crippen LogP contribution in [0.4, 0.5) is 0 Å². The number of nitrogens with one attached hydrogen (secondary N) is 1. The van der Waals surface area contributed by atoms with Gasteiger partial charge >= 0.3 is 0 Å². The summed E-state index contributed by atoms with van der Waals surface area (Å²) >= 11 is 0. The largest absolute Gasteiger partial charge is 0.382 e. The molecule has 3 nitrogen and oxygen atoms in total. The lowest BCUT2D eigenvalue weighted by atomic mass is 10.3. The van der Waals surface area contributed by atoms with E-state index < -0.39 is 0 Å². The summed E-state index contributed by atoms with van der Waals surface area (Å²) in [5, 5.41) is 3.54. The molecule has 2 atom stereocenters. The molecule has 0 heterocycles. The molecule has 0 aromatic rings. The zero-order valence-corrected chi connectivity index (χ0v) is 9.42. The van der Waals surface area contributed by atoms with Crippen molar-refractivity contribution in [2.45, 2.75) is 32.2 Å². The van der Waals surface area contributed by atoms with Crippen LogP contribution in [0.15, 0.2) is 0 Å². The summed E-state index contributed by atoms with van der Waals surface area (Å²) in [5.74, 6) is 0.949. The first-order valence-corrected chi connectivity index (χ1v) is 5.68. The molecule has 0 radical (unpaired) electrons. The Balaban J connectivity index is 1.73. The summed E-state index contributed by atoms with van der Waals surface area (Å²) in [6, 6.07) is 0.805. The Hall–Kier alpha value is -0.120. The molecule has 14 heavy (non-hydrogen) atoms. The van der Waals surface area contributed by atoms with E-state index in [1.165, 1.54) is 12.8 Å². The first-order chi connectivity index (χ1) is 6.88. The van der Waals surface area contributed by atoms with Crippen LogP contribution in [0.1, 0.15) is 26.2 Å². The fourth-order valence-electron chi connectivity index (χ4n) is 1.65. The number of hydrogen-bond acceptors (Lipinski definition) is 3. The van der Waals surface area contributed by atoms with Gasteiger partial charge in [0.1, 0.15) is 0 Å². The SMILES string of the molecule is CCC1CC1NCCCOCCOC. The molecule has 0 aliphatic heterocycles. The van der Waals surface area contributed by atoms with E-state index in [0.717, 1.165) is 38.1 Å². The number of hydrogen-bond donors (Lipinski definition) is 1. The van der Waals surface area contributed by atoms with Crippen LogP contribution in [0.2, 0.25) is 0 Å². The highest BCUT2D eigenvalue weighted by atomic mass is 16.5. The van der Waals surface area contributed by atoms with Crippen LogP contribution in [0.3, 0.4) is 0 Å². The maximum atomic E-state index is 5.36. The standard InChI is InChI=1S/C11H23NO2/c1-3-10-9-11(10)12-5-4-6-14-8-7-13-2/h10-12H,3-9H2,1-2H3. The van der Waals surface area contributed by atoms with Crippen molar-refractivity contribution >= 4 is 0 Å². The Labute approximate surface area is 87.2 Å². The molecule has 3 heteroatoms. The molecule has 2 unspecified atom stereocenters. The molecule has 0 spiro atoms. The molecule has 0 aromatic carbocycles. The van der Waals surface area contributed by atoms with E-state index in [-0.39, 0.29) is 0 Å². The van der Waals surface area contributed by atoms with E-state index in [4.69, 9.17) is 9.47 Å². The van der Waals surface area contributed by atoms with Crippen molar-refractivity contribution in [3.63, 3.8) is 0 Å². The van der Waals surface area contributed by atoms with Crippen molar-refractivity contribution in [3.05, 3.63) is 0 Å². The van der Waals surface area contributed by atoms with Gasteiger partial charge in [-0.05, 0) is 25.3 Å². The van der Waals surface area contributed by atoms with E-state index in [1.54, 1.807) is 7.11 Å². The number of rotatable bonds is 9. The molecule has 1 saturated carbocycles. The first kappa shape index (κ1) is 12.0. The summed E-state index contributed by atoms with van der Waals surface area (Å²) in [6.07, 6.45) is 3.81. The van der Waals surface area contributed by atoms with E-state index >= 15 is 0 Å².